The van der Waals surface area contributed by atoms with Gasteiger partial charge in [0.1, 0.15) is 11.6 Å². The third-order valence-electron chi connectivity index (χ3n) is 3.98. The highest BCUT2D eigenvalue weighted by Gasteiger charge is 2.08. The molecule has 0 aliphatic rings. The number of amides is 1. The van der Waals surface area contributed by atoms with E-state index in [1.807, 2.05) is 44.1 Å². The van der Waals surface area contributed by atoms with E-state index in [2.05, 4.69) is 20.6 Å². The molecule has 0 bridgehead atoms. The fourth-order valence-corrected chi connectivity index (χ4v) is 3.00. The summed E-state index contributed by atoms with van der Waals surface area (Å²) >= 11 is 11.9. The Balaban J connectivity index is 1.57. The van der Waals surface area contributed by atoms with Crippen LogP contribution in [0, 0.1) is 6.92 Å². The molecule has 3 aromatic rings. The van der Waals surface area contributed by atoms with Crippen LogP contribution in [-0.4, -0.2) is 36.6 Å². The number of ether oxygens (including phenoxy) is 1. The van der Waals surface area contributed by atoms with E-state index in [1.54, 1.807) is 30.3 Å². The second-order valence-electron chi connectivity index (χ2n) is 6.70. The predicted molar refractivity (Wildman–Crippen MR) is 121 cm³/mol. The summed E-state index contributed by atoms with van der Waals surface area (Å²) < 4.78 is 5.43. The minimum absolute atomic E-state index is 0.175. The number of rotatable bonds is 7. The van der Waals surface area contributed by atoms with E-state index in [0.29, 0.717) is 27.4 Å². The van der Waals surface area contributed by atoms with Gasteiger partial charge in [-0.3, -0.25) is 4.79 Å². The molecule has 7 nitrogen and oxygen atoms in total. The highest BCUT2D eigenvalue weighted by atomic mass is 35.5. The highest BCUT2D eigenvalue weighted by molar-refractivity contribution is 6.35. The second kappa shape index (κ2) is 9.65. The molecule has 30 heavy (non-hydrogen) atoms. The first-order valence-corrected chi connectivity index (χ1v) is 9.83. The Kier molecular flexibility index (Phi) is 6.97. The van der Waals surface area contributed by atoms with Gasteiger partial charge in [-0.15, -0.1) is 0 Å². The zero-order valence-corrected chi connectivity index (χ0v) is 18.3. The molecule has 1 amide bonds. The average Bonchev–Trinajstić information content (AvgIpc) is 2.68. The van der Waals surface area contributed by atoms with Gasteiger partial charge in [0.25, 0.3) is 5.91 Å². The molecular weight excluding hydrogens is 425 g/mol. The third kappa shape index (κ3) is 5.98. The molecule has 0 aliphatic heterocycles. The van der Waals surface area contributed by atoms with Gasteiger partial charge >= 0.3 is 0 Å². The summed E-state index contributed by atoms with van der Waals surface area (Å²) in [5, 5.41) is 6.78. The Labute approximate surface area is 185 Å². The summed E-state index contributed by atoms with van der Waals surface area (Å²) in [4.78, 5) is 22.9. The number of hydrogen-bond acceptors (Lipinski definition) is 6. The molecule has 3 rings (SSSR count). The number of hydrogen-bond donors (Lipinski definition) is 2. The molecule has 0 spiro atoms. The maximum atomic E-state index is 12.1. The van der Waals surface area contributed by atoms with Crippen LogP contribution < -0.4 is 20.3 Å². The van der Waals surface area contributed by atoms with Gasteiger partial charge in [0.05, 0.1) is 5.02 Å². The summed E-state index contributed by atoms with van der Waals surface area (Å²) in [5.41, 5.74) is 2.30. The molecule has 1 heterocycles. The quantitative estimate of drug-likeness (QED) is 0.537. The van der Waals surface area contributed by atoms with Crippen molar-refractivity contribution in [1.29, 1.82) is 0 Å². The summed E-state index contributed by atoms with van der Waals surface area (Å²) in [6.45, 7) is 1.74. The van der Waals surface area contributed by atoms with E-state index in [4.69, 9.17) is 27.9 Å². The Bertz CT molecular complexity index is 1040. The lowest BCUT2D eigenvalue weighted by atomic mass is 10.3. The summed E-state index contributed by atoms with van der Waals surface area (Å²) in [6.07, 6.45) is 0. The number of nitrogens with zero attached hydrogens (tertiary/aromatic N) is 3. The van der Waals surface area contributed by atoms with E-state index < -0.39 is 0 Å². The van der Waals surface area contributed by atoms with Gasteiger partial charge in [-0.05, 0) is 49.4 Å². The van der Waals surface area contributed by atoms with E-state index in [-0.39, 0.29) is 12.5 Å². The second-order valence-corrected chi connectivity index (χ2v) is 7.54. The van der Waals surface area contributed by atoms with Crippen molar-refractivity contribution in [1.82, 2.24) is 9.97 Å². The van der Waals surface area contributed by atoms with E-state index in [9.17, 15) is 4.79 Å². The van der Waals surface area contributed by atoms with Crippen LogP contribution in [0.15, 0.2) is 48.5 Å². The van der Waals surface area contributed by atoms with Crippen LogP contribution in [0.2, 0.25) is 10.0 Å². The van der Waals surface area contributed by atoms with E-state index >= 15 is 0 Å². The topological polar surface area (TPSA) is 79.4 Å². The SMILES string of the molecule is Cc1cc(N(C)C)nc(Nc2ccc(NC(=O)COc3ccc(Cl)cc3Cl)cc2)n1. The van der Waals surface area contributed by atoms with Crippen molar-refractivity contribution in [3.05, 3.63) is 64.3 Å². The molecular formula is C21H21Cl2N5O2. The van der Waals surface area contributed by atoms with Crippen molar-refractivity contribution in [2.75, 3.05) is 36.2 Å². The van der Waals surface area contributed by atoms with Crippen LogP contribution in [-0.2, 0) is 4.79 Å². The smallest absolute Gasteiger partial charge is 0.262 e. The minimum atomic E-state index is -0.306. The maximum absolute atomic E-state index is 12.1. The normalized spacial score (nSPS) is 10.4. The summed E-state index contributed by atoms with van der Waals surface area (Å²) in [7, 11) is 3.85. The zero-order valence-electron chi connectivity index (χ0n) is 16.7. The lowest BCUT2D eigenvalue weighted by Crippen LogP contribution is -2.20. The Hall–Kier alpha value is -3.03. The lowest BCUT2D eigenvalue weighted by molar-refractivity contribution is -0.118. The largest absolute Gasteiger partial charge is 0.482 e. The molecule has 0 saturated heterocycles. The first-order chi connectivity index (χ1) is 14.3. The van der Waals surface area contributed by atoms with Crippen molar-refractivity contribution in [3.8, 4) is 5.75 Å². The van der Waals surface area contributed by atoms with Gasteiger partial charge in [-0.1, -0.05) is 23.2 Å². The molecule has 9 heteroatoms. The molecule has 0 saturated carbocycles. The lowest BCUT2D eigenvalue weighted by Gasteiger charge is -2.14. The van der Waals surface area contributed by atoms with Crippen molar-refractivity contribution in [2.45, 2.75) is 6.92 Å². The zero-order chi connectivity index (χ0) is 21.7. The van der Waals surface area contributed by atoms with Gasteiger partial charge in [0.2, 0.25) is 5.95 Å². The first-order valence-electron chi connectivity index (χ1n) is 9.08. The molecule has 0 unspecified atom stereocenters. The van der Waals surface area contributed by atoms with Gasteiger partial charge in [0, 0.05) is 42.3 Å². The molecule has 2 N–H and O–H groups in total. The number of halogens is 2. The molecule has 0 fully saturated rings. The van der Waals surface area contributed by atoms with Crippen LogP contribution >= 0.6 is 23.2 Å². The molecule has 2 aromatic carbocycles. The summed E-state index contributed by atoms with van der Waals surface area (Å²) in [5.74, 6) is 1.41. The van der Waals surface area contributed by atoms with E-state index in [1.165, 1.54) is 0 Å². The number of carbonyl (C=O) groups excluding carboxylic acids is 1. The number of anilines is 4. The highest BCUT2D eigenvalue weighted by Crippen LogP contribution is 2.27. The molecule has 1 aromatic heterocycles. The van der Waals surface area contributed by atoms with Gasteiger partial charge in [-0.25, -0.2) is 4.98 Å². The van der Waals surface area contributed by atoms with Crippen LogP contribution in [0.4, 0.5) is 23.1 Å². The number of benzene rings is 2. The Morgan fingerprint density at radius 1 is 1.03 bits per heavy atom. The summed E-state index contributed by atoms with van der Waals surface area (Å²) in [6, 6.07) is 13.9. The number of aromatic nitrogens is 2. The van der Waals surface area contributed by atoms with Crippen molar-refractivity contribution >= 4 is 52.3 Å². The fourth-order valence-electron chi connectivity index (χ4n) is 2.54. The maximum Gasteiger partial charge on any atom is 0.262 e. The van der Waals surface area contributed by atoms with Gasteiger partial charge in [0.15, 0.2) is 6.61 Å². The van der Waals surface area contributed by atoms with Crippen molar-refractivity contribution in [2.24, 2.45) is 0 Å². The molecule has 156 valence electrons. The average molecular weight is 446 g/mol. The molecule has 0 radical (unpaired) electrons. The van der Waals surface area contributed by atoms with Gasteiger partial charge < -0.3 is 20.3 Å². The number of nitrogens with one attached hydrogen (secondary N) is 2. The van der Waals surface area contributed by atoms with Crippen LogP contribution in [0.3, 0.4) is 0 Å². The fraction of sp³-hybridized carbons (Fsp3) is 0.190. The molecule has 0 aliphatic carbocycles. The Morgan fingerprint density at radius 3 is 2.40 bits per heavy atom. The predicted octanol–water partition coefficient (Wildman–Crippen LogP) is 4.92. The van der Waals surface area contributed by atoms with Crippen LogP contribution in [0.1, 0.15) is 5.69 Å². The molecule has 0 atom stereocenters. The van der Waals surface area contributed by atoms with Gasteiger partial charge in [-0.2, -0.15) is 4.98 Å². The van der Waals surface area contributed by atoms with Crippen molar-refractivity contribution in [3.63, 3.8) is 0 Å². The minimum Gasteiger partial charge on any atom is -0.482 e. The first kappa shape index (κ1) is 21.7. The number of carbonyl (C=O) groups is 1. The van der Waals surface area contributed by atoms with Crippen LogP contribution in [0.25, 0.3) is 0 Å². The van der Waals surface area contributed by atoms with Crippen LogP contribution in [0.5, 0.6) is 5.75 Å². The monoisotopic (exact) mass is 445 g/mol. The standard InChI is InChI=1S/C21H21Cl2N5O2/c1-13-10-19(28(2)3)27-21(24-13)26-16-7-5-15(6-8-16)25-20(29)12-30-18-9-4-14(22)11-17(18)23/h4-11H,12H2,1-3H3,(H,25,29)(H,24,26,27). The number of aryl methyl sites for hydroxylation is 1. The Morgan fingerprint density at radius 2 is 1.73 bits per heavy atom. The van der Waals surface area contributed by atoms with Crippen molar-refractivity contribution < 1.29 is 9.53 Å². The van der Waals surface area contributed by atoms with E-state index in [0.717, 1.165) is 17.2 Å². The third-order valence-corrected chi connectivity index (χ3v) is 4.51.